The van der Waals surface area contributed by atoms with Gasteiger partial charge in [-0.25, -0.2) is 0 Å². The summed E-state index contributed by atoms with van der Waals surface area (Å²) in [5.41, 5.74) is 4.94. The maximum atomic E-state index is 3.26. The Morgan fingerprint density at radius 1 is 0.900 bits per heavy atom. The van der Waals surface area contributed by atoms with E-state index in [1.165, 1.54) is 21.1 Å². The molecule has 0 aliphatic heterocycles. The minimum Gasteiger partial charge on any atom is -0.0651 e. The van der Waals surface area contributed by atoms with Crippen molar-refractivity contribution in [2.24, 2.45) is 0 Å². The Hall–Kier alpha value is -1.27. The van der Waals surface area contributed by atoms with Crippen LogP contribution in [0.1, 0.15) is 42.5 Å². The van der Waals surface area contributed by atoms with Crippen LogP contribution in [-0.4, -0.2) is 0 Å². The second-order valence-corrected chi connectivity index (χ2v) is 6.02. The van der Waals surface area contributed by atoms with E-state index >= 15 is 0 Å². The zero-order valence-corrected chi connectivity index (χ0v) is 14.2. The smallest absolute Gasteiger partial charge is 0.0252 e. The molecule has 0 saturated carbocycles. The van der Waals surface area contributed by atoms with Crippen LogP contribution in [0.4, 0.5) is 0 Å². The van der Waals surface area contributed by atoms with E-state index in [2.05, 4.69) is 90.7 Å². The van der Waals surface area contributed by atoms with Gasteiger partial charge >= 0.3 is 0 Å². The van der Waals surface area contributed by atoms with Crippen LogP contribution in [-0.2, 0) is 12.8 Å². The summed E-state index contributed by atoms with van der Waals surface area (Å²) in [5, 5.41) is 0. The summed E-state index contributed by atoms with van der Waals surface area (Å²) in [4.78, 5) is 0. The van der Waals surface area contributed by atoms with Crippen molar-refractivity contribution in [3.63, 3.8) is 0 Å². The number of rotatable bonds is 3. The fourth-order valence-electron chi connectivity index (χ4n) is 2.11. The molecule has 2 aromatic rings. The van der Waals surface area contributed by atoms with Gasteiger partial charge in [-0.1, -0.05) is 44.2 Å². The molecule has 0 bridgehead atoms. The number of hydrogen-bond donors (Lipinski definition) is 0. The number of hydrogen-bond acceptors (Lipinski definition) is 0. The fraction of sp³-hybridized carbons (Fsp3) is 0.263. The summed E-state index contributed by atoms with van der Waals surface area (Å²) < 4.78 is 1.32. The van der Waals surface area contributed by atoms with Gasteiger partial charge in [0.25, 0.3) is 0 Å². The Labute approximate surface area is 135 Å². The fourth-order valence-corrected chi connectivity index (χ4v) is 2.83. The van der Waals surface area contributed by atoms with Gasteiger partial charge in [0.15, 0.2) is 0 Å². The monoisotopic (exact) mass is 374 g/mol. The third kappa shape index (κ3) is 4.11. The highest BCUT2D eigenvalue weighted by Gasteiger charge is 1.97. The van der Waals surface area contributed by atoms with Gasteiger partial charge in [0, 0.05) is 14.7 Å². The first-order chi connectivity index (χ1) is 9.72. The zero-order chi connectivity index (χ0) is 14.4. The van der Waals surface area contributed by atoms with Gasteiger partial charge in [0.1, 0.15) is 0 Å². The van der Waals surface area contributed by atoms with E-state index in [9.17, 15) is 0 Å². The second kappa shape index (κ2) is 7.50. The molecule has 2 aromatic carbocycles. The lowest BCUT2D eigenvalue weighted by Crippen LogP contribution is -1.87. The molecule has 0 spiro atoms. The average Bonchev–Trinajstić information content (AvgIpc) is 2.48. The molecule has 0 aliphatic rings. The SMILES string of the molecule is CCCc1ccc(C#Cc2ccc(I)c(CC)c2)cc1. The Bertz CT molecular complexity index is 627. The van der Waals surface area contributed by atoms with Crippen molar-refractivity contribution in [2.75, 3.05) is 0 Å². The molecule has 0 N–H and O–H groups in total. The number of halogens is 1. The Morgan fingerprint density at radius 3 is 2.20 bits per heavy atom. The minimum absolute atomic E-state index is 1.06. The summed E-state index contributed by atoms with van der Waals surface area (Å²) >= 11 is 2.38. The molecule has 0 aliphatic carbocycles. The highest BCUT2D eigenvalue weighted by molar-refractivity contribution is 14.1. The number of benzene rings is 2. The molecule has 0 aromatic heterocycles. The highest BCUT2D eigenvalue weighted by atomic mass is 127. The summed E-state index contributed by atoms with van der Waals surface area (Å²) in [6, 6.07) is 15.0. The summed E-state index contributed by atoms with van der Waals surface area (Å²) in [7, 11) is 0. The predicted octanol–water partition coefficient (Wildman–Crippen LogP) is 5.21. The molecule has 1 heteroatoms. The van der Waals surface area contributed by atoms with Crippen molar-refractivity contribution < 1.29 is 0 Å². The van der Waals surface area contributed by atoms with Crippen LogP contribution < -0.4 is 0 Å². The first-order valence-corrected chi connectivity index (χ1v) is 8.20. The largest absolute Gasteiger partial charge is 0.0651 e. The topological polar surface area (TPSA) is 0 Å². The lowest BCUT2D eigenvalue weighted by atomic mass is 10.1. The molecular formula is C19H19I. The summed E-state index contributed by atoms with van der Waals surface area (Å²) in [5.74, 6) is 6.51. The molecule has 0 heterocycles. The van der Waals surface area contributed by atoms with Crippen molar-refractivity contribution in [1.29, 1.82) is 0 Å². The average molecular weight is 374 g/mol. The summed E-state index contributed by atoms with van der Waals surface area (Å²) in [6.45, 7) is 4.39. The summed E-state index contributed by atoms with van der Waals surface area (Å²) in [6.07, 6.45) is 3.39. The van der Waals surface area contributed by atoms with E-state index in [-0.39, 0.29) is 0 Å². The minimum atomic E-state index is 1.06. The molecule has 20 heavy (non-hydrogen) atoms. The van der Waals surface area contributed by atoms with Gasteiger partial charge < -0.3 is 0 Å². The van der Waals surface area contributed by atoms with Crippen LogP contribution in [0.25, 0.3) is 0 Å². The van der Waals surface area contributed by atoms with Gasteiger partial charge in [0.05, 0.1) is 0 Å². The third-order valence-corrected chi connectivity index (χ3v) is 4.32. The molecular weight excluding hydrogens is 355 g/mol. The van der Waals surface area contributed by atoms with E-state index in [1.54, 1.807) is 0 Å². The molecule has 0 saturated heterocycles. The van der Waals surface area contributed by atoms with Crippen LogP contribution in [0.5, 0.6) is 0 Å². The van der Waals surface area contributed by atoms with Crippen LogP contribution in [0.15, 0.2) is 42.5 Å². The highest BCUT2D eigenvalue weighted by Crippen LogP contribution is 2.14. The predicted molar refractivity (Wildman–Crippen MR) is 95.0 cm³/mol. The second-order valence-electron chi connectivity index (χ2n) is 4.86. The molecule has 0 fully saturated rings. The number of aryl methyl sites for hydroxylation is 2. The van der Waals surface area contributed by atoms with Gasteiger partial charge in [0.2, 0.25) is 0 Å². The van der Waals surface area contributed by atoms with Crippen LogP contribution in [0.3, 0.4) is 0 Å². The first-order valence-electron chi connectivity index (χ1n) is 7.12. The van der Waals surface area contributed by atoms with Crippen molar-refractivity contribution >= 4 is 22.6 Å². The maximum absolute atomic E-state index is 3.26. The Morgan fingerprint density at radius 2 is 1.55 bits per heavy atom. The van der Waals surface area contributed by atoms with E-state index in [0.29, 0.717) is 0 Å². The van der Waals surface area contributed by atoms with Crippen molar-refractivity contribution in [3.8, 4) is 11.8 Å². The third-order valence-electron chi connectivity index (χ3n) is 3.27. The van der Waals surface area contributed by atoms with Crippen molar-refractivity contribution in [3.05, 3.63) is 68.3 Å². The molecule has 0 unspecified atom stereocenters. The van der Waals surface area contributed by atoms with Crippen LogP contribution in [0, 0.1) is 15.4 Å². The lowest BCUT2D eigenvalue weighted by Gasteiger charge is -2.01. The molecule has 2 rings (SSSR count). The van der Waals surface area contributed by atoms with E-state index in [1.807, 2.05) is 0 Å². The van der Waals surface area contributed by atoms with Gasteiger partial charge in [-0.05, 0) is 76.9 Å². The quantitative estimate of drug-likeness (QED) is 0.511. The molecule has 102 valence electrons. The van der Waals surface area contributed by atoms with Crippen LogP contribution in [0.2, 0.25) is 0 Å². The van der Waals surface area contributed by atoms with Gasteiger partial charge in [-0.15, -0.1) is 0 Å². The Balaban J connectivity index is 2.17. The van der Waals surface area contributed by atoms with E-state index in [0.717, 1.165) is 24.0 Å². The van der Waals surface area contributed by atoms with Gasteiger partial charge in [-0.3, -0.25) is 0 Å². The molecule has 0 radical (unpaired) electrons. The molecule has 0 nitrogen and oxygen atoms in total. The van der Waals surface area contributed by atoms with Crippen molar-refractivity contribution in [1.82, 2.24) is 0 Å². The lowest BCUT2D eigenvalue weighted by molar-refractivity contribution is 0.922. The Kier molecular flexibility index (Phi) is 5.67. The van der Waals surface area contributed by atoms with E-state index < -0.39 is 0 Å². The standard InChI is InChI=1S/C19H19I/c1-3-5-15-6-8-16(9-7-15)10-11-17-12-13-19(20)18(4-2)14-17/h6-9,12-14H,3-5H2,1-2H3. The van der Waals surface area contributed by atoms with Crippen molar-refractivity contribution in [2.45, 2.75) is 33.1 Å². The first kappa shape index (κ1) is 15.1. The molecule has 0 atom stereocenters. The zero-order valence-electron chi connectivity index (χ0n) is 12.0. The van der Waals surface area contributed by atoms with Gasteiger partial charge in [-0.2, -0.15) is 0 Å². The van der Waals surface area contributed by atoms with E-state index in [4.69, 9.17) is 0 Å². The maximum Gasteiger partial charge on any atom is 0.0252 e. The molecule has 0 amide bonds. The normalized spacial score (nSPS) is 9.95. The van der Waals surface area contributed by atoms with Crippen LogP contribution >= 0.6 is 22.6 Å².